The Balaban J connectivity index is 1.80. The number of hydrogen-bond donors (Lipinski definition) is 1. The van der Waals surface area contributed by atoms with Crippen molar-refractivity contribution < 1.29 is 14.3 Å². The summed E-state index contributed by atoms with van der Waals surface area (Å²) in [6.45, 7) is 4.27. The molecule has 1 N–H and O–H groups in total. The highest BCUT2D eigenvalue weighted by Gasteiger charge is 2.28. The van der Waals surface area contributed by atoms with Crippen molar-refractivity contribution in [3.63, 3.8) is 0 Å². The number of benzene rings is 1. The molecule has 1 amide bonds. The summed E-state index contributed by atoms with van der Waals surface area (Å²) in [6, 6.07) is 7.54. The molecule has 1 heterocycles. The van der Waals surface area contributed by atoms with E-state index in [0.717, 1.165) is 29.7 Å². The predicted octanol–water partition coefficient (Wildman–Crippen LogP) is 4.78. The van der Waals surface area contributed by atoms with Gasteiger partial charge in [-0.1, -0.05) is 13.8 Å². The zero-order valence-corrected chi connectivity index (χ0v) is 16.2. The summed E-state index contributed by atoms with van der Waals surface area (Å²) >= 11 is 3.25. The van der Waals surface area contributed by atoms with Crippen LogP contribution in [-0.4, -0.2) is 24.2 Å². The van der Waals surface area contributed by atoms with E-state index in [2.05, 4.69) is 19.2 Å². The minimum Gasteiger partial charge on any atom is -0.465 e. The molecular formula is C19H21NO3S2. The van der Waals surface area contributed by atoms with Crippen LogP contribution in [0.15, 0.2) is 29.2 Å². The van der Waals surface area contributed by atoms with E-state index in [9.17, 15) is 9.59 Å². The third kappa shape index (κ3) is 3.90. The number of amides is 1. The third-order valence-corrected chi connectivity index (χ3v) is 6.25. The van der Waals surface area contributed by atoms with E-state index < -0.39 is 0 Å². The van der Waals surface area contributed by atoms with Crippen molar-refractivity contribution in [3.8, 4) is 0 Å². The summed E-state index contributed by atoms with van der Waals surface area (Å²) in [5.41, 5.74) is 2.15. The minimum atomic E-state index is -0.376. The fraction of sp³-hybridized carbons (Fsp3) is 0.368. The van der Waals surface area contributed by atoms with Crippen LogP contribution in [0.5, 0.6) is 0 Å². The summed E-state index contributed by atoms with van der Waals surface area (Å²) in [4.78, 5) is 27.0. The maximum atomic E-state index is 12.6. The van der Waals surface area contributed by atoms with Crippen molar-refractivity contribution in [1.29, 1.82) is 0 Å². The Bertz CT molecular complexity index is 794. The number of nitrogens with one attached hydrogen (secondary N) is 1. The first-order valence-electron chi connectivity index (χ1n) is 8.30. The van der Waals surface area contributed by atoms with Crippen molar-refractivity contribution >= 4 is 40.0 Å². The molecule has 1 aliphatic carbocycles. The molecule has 3 rings (SSSR count). The average molecular weight is 376 g/mol. The lowest BCUT2D eigenvalue weighted by Crippen LogP contribution is -2.14. The normalized spacial score (nSPS) is 13.0. The molecule has 1 aromatic heterocycles. The number of carbonyl (C=O) groups excluding carboxylic acids is 2. The van der Waals surface area contributed by atoms with E-state index in [0.29, 0.717) is 21.4 Å². The van der Waals surface area contributed by atoms with Gasteiger partial charge in [0.05, 0.1) is 12.7 Å². The number of carbonyl (C=O) groups is 2. The number of thiophene rings is 1. The summed E-state index contributed by atoms with van der Waals surface area (Å²) in [7, 11) is 1.37. The Kier molecular flexibility index (Phi) is 5.49. The first-order chi connectivity index (χ1) is 12.0. The second-order valence-electron chi connectivity index (χ2n) is 6.20. The number of hydrogen-bond acceptors (Lipinski definition) is 5. The van der Waals surface area contributed by atoms with Crippen LogP contribution in [0.1, 0.15) is 51.4 Å². The molecule has 1 aromatic carbocycles. The standard InChI is InChI=1S/C19H21NO3S2/c1-11(2)24-13-9-7-12(8-10-13)17(21)20-18-16(19(22)23-3)14-5-4-6-15(14)25-18/h7-11H,4-6H2,1-3H3,(H,20,21). The average Bonchev–Trinajstić information content (AvgIpc) is 3.14. The molecule has 0 radical (unpaired) electrons. The maximum Gasteiger partial charge on any atom is 0.341 e. The predicted molar refractivity (Wildman–Crippen MR) is 103 cm³/mol. The number of esters is 1. The van der Waals surface area contributed by atoms with Crippen molar-refractivity contribution in [2.24, 2.45) is 0 Å². The highest BCUT2D eigenvalue weighted by molar-refractivity contribution is 7.99. The van der Waals surface area contributed by atoms with Gasteiger partial charge < -0.3 is 10.1 Å². The quantitative estimate of drug-likeness (QED) is 0.604. The second kappa shape index (κ2) is 7.62. The lowest BCUT2D eigenvalue weighted by Gasteiger charge is -2.08. The van der Waals surface area contributed by atoms with E-state index >= 15 is 0 Å². The van der Waals surface area contributed by atoms with Gasteiger partial charge in [-0.15, -0.1) is 23.1 Å². The molecule has 6 heteroatoms. The number of thioether (sulfide) groups is 1. The van der Waals surface area contributed by atoms with Crippen LogP contribution in [0, 0.1) is 0 Å². The lowest BCUT2D eigenvalue weighted by atomic mass is 10.1. The number of methoxy groups -OCH3 is 1. The molecule has 25 heavy (non-hydrogen) atoms. The van der Waals surface area contributed by atoms with Gasteiger partial charge in [0.25, 0.3) is 5.91 Å². The highest BCUT2D eigenvalue weighted by atomic mass is 32.2. The molecule has 4 nitrogen and oxygen atoms in total. The van der Waals surface area contributed by atoms with Gasteiger partial charge in [0.1, 0.15) is 5.00 Å². The topological polar surface area (TPSA) is 55.4 Å². The molecule has 0 bridgehead atoms. The molecule has 0 aliphatic heterocycles. The summed E-state index contributed by atoms with van der Waals surface area (Å²) < 4.78 is 4.91. The number of fused-ring (bicyclic) bond motifs is 1. The molecule has 0 unspecified atom stereocenters. The van der Waals surface area contributed by atoms with Crippen LogP contribution < -0.4 is 5.32 Å². The van der Waals surface area contributed by atoms with Crippen LogP contribution in [0.25, 0.3) is 0 Å². The Hall–Kier alpha value is -1.79. The van der Waals surface area contributed by atoms with Crippen molar-refractivity contribution in [2.45, 2.75) is 43.3 Å². The SMILES string of the molecule is COC(=O)c1c(NC(=O)c2ccc(SC(C)C)cc2)sc2c1CCC2. The molecule has 1 aliphatic rings. The maximum absolute atomic E-state index is 12.6. The van der Waals surface area contributed by atoms with Gasteiger partial charge in [0.15, 0.2) is 0 Å². The van der Waals surface area contributed by atoms with Gasteiger partial charge >= 0.3 is 5.97 Å². The largest absolute Gasteiger partial charge is 0.465 e. The molecule has 132 valence electrons. The highest BCUT2D eigenvalue weighted by Crippen LogP contribution is 2.39. The van der Waals surface area contributed by atoms with E-state index in [1.165, 1.54) is 23.3 Å². The van der Waals surface area contributed by atoms with Crippen molar-refractivity contribution in [3.05, 3.63) is 45.8 Å². The number of rotatable bonds is 5. The lowest BCUT2D eigenvalue weighted by molar-refractivity contribution is 0.0601. The van der Waals surface area contributed by atoms with Crippen molar-refractivity contribution in [2.75, 3.05) is 12.4 Å². The molecule has 2 aromatic rings. The van der Waals surface area contributed by atoms with E-state index in [1.807, 2.05) is 24.3 Å². The molecule has 0 saturated carbocycles. The second-order valence-corrected chi connectivity index (χ2v) is 8.95. The Morgan fingerprint density at radius 1 is 1.20 bits per heavy atom. The van der Waals surface area contributed by atoms with E-state index in [4.69, 9.17) is 4.74 Å². The smallest absolute Gasteiger partial charge is 0.341 e. The van der Waals surface area contributed by atoms with Gasteiger partial charge in [-0.2, -0.15) is 0 Å². The zero-order chi connectivity index (χ0) is 18.0. The van der Waals surface area contributed by atoms with Gasteiger partial charge in [0.2, 0.25) is 0 Å². The van der Waals surface area contributed by atoms with E-state index in [-0.39, 0.29) is 11.9 Å². The fourth-order valence-electron chi connectivity index (χ4n) is 2.94. The van der Waals surface area contributed by atoms with Gasteiger partial charge in [-0.05, 0) is 49.1 Å². The molecular weight excluding hydrogens is 354 g/mol. The first-order valence-corrected chi connectivity index (χ1v) is 10.00. The van der Waals surface area contributed by atoms with Crippen LogP contribution >= 0.6 is 23.1 Å². The number of anilines is 1. The number of ether oxygens (including phenoxy) is 1. The summed E-state index contributed by atoms with van der Waals surface area (Å²) in [6.07, 6.45) is 2.88. The van der Waals surface area contributed by atoms with Crippen LogP contribution in [0.3, 0.4) is 0 Å². The molecule has 0 fully saturated rings. The monoisotopic (exact) mass is 375 g/mol. The van der Waals surface area contributed by atoms with Gasteiger partial charge in [-0.25, -0.2) is 4.79 Å². The Morgan fingerprint density at radius 2 is 1.92 bits per heavy atom. The van der Waals surface area contributed by atoms with E-state index in [1.54, 1.807) is 11.8 Å². The van der Waals surface area contributed by atoms with Crippen LogP contribution in [-0.2, 0) is 17.6 Å². The van der Waals surface area contributed by atoms with Gasteiger partial charge in [-0.3, -0.25) is 4.79 Å². The molecule has 0 spiro atoms. The van der Waals surface area contributed by atoms with Crippen LogP contribution in [0.2, 0.25) is 0 Å². The molecule has 0 saturated heterocycles. The Labute approximate surface area is 156 Å². The minimum absolute atomic E-state index is 0.203. The summed E-state index contributed by atoms with van der Waals surface area (Å²) in [5.74, 6) is -0.579. The fourth-order valence-corrected chi connectivity index (χ4v) is 5.05. The Morgan fingerprint density at radius 3 is 2.56 bits per heavy atom. The zero-order valence-electron chi connectivity index (χ0n) is 14.5. The molecule has 0 atom stereocenters. The van der Waals surface area contributed by atoms with Gasteiger partial charge in [0, 0.05) is 20.6 Å². The number of aryl methyl sites for hydroxylation is 1. The first kappa shape index (κ1) is 18.0. The summed E-state index contributed by atoms with van der Waals surface area (Å²) in [5, 5.41) is 4.00. The third-order valence-electron chi connectivity index (χ3n) is 4.03. The van der Waals surface area contributed by atoms with Crippen molar-refractivity contribution in [1.82, 2.24) is 0 Å². The van der Waals surface area contributed by atoms with Crippen LogP contribution in [0.4, 0.5) is 5.00 Å².